The highest BCUT2D eigenvalue weighted by molar-refractivity contribution is 7.18. The Balaban J connectivity index is 1.49. The average molecular weight is 437 g/mol. The van der Waals surface area contributed by atoms with Crippen molar-refractivity contribution in [3.05, 3.63) is 76.9 Å². The lowest BCUT2D eigenvalue weighted by atomic mass is 10.1. The molecule has 1 aliphatic heterocycles. The topological polar surface area (TPSA) is 32.8 Å². The Morgan fingerprint density at radius 2 is 1.77 bits per heavy atom. The van der Waals surface area contributed by atoms with Gasteiger partial charge in [-0.2, -0.15) is 0 Å². The highest BCUT2D eigenvalue weighted by Gasteiger charge is 2.35. The highest BCUT2D eigenvalue weighted by Crippen LogP contribution is 2.41. The predicted octanol–water partition coefficient (Wildman–Crippen LogP) is 5.20. The van der Waals surface area contributed by atoms with E-state index in [4.69, 9.17) is 4.74 Å². The number of carbonyl (C=O) groups excluding carboxylic acids is 1. The molecular weight excluding hydrogens is 411 g/mol. The third kappa shape index (κ3) is 4.36. The fraction of sp³-hybridized carbons (Fsp3) is 0.320. The zero-order valence-electron chi connectivity index (χ0n) is 17.3. The second-order valence-electron chi connectivity index (χ2n) is 8.05. The molecule has 2 aromatic carbocycles. The lowest BCUT2D eigenvalue weighted by molar-refractivity contribution is 0.0733. The number of carbonyl (C=O) groups is 1. The third-order valence-electron chi connectivity index (χ3n) is 5.85. The highest BCUT2D eigenvalue weighted by atomic mass is 32.1. The normalized spacial score (nSPS) is 16.4. The first-order chi connectivity index (χ1) is 15.2. The maximum absolute atomic E-state index is 14.3. The van der Waals surface area contributed by atoms with Crippen LogP contribution in [0.2, 0.25) is 0 Å². The van der Waals surface area contributed by atoms with Crippen LogP contribution in [0.5, 0.6) is 0 Å². The van der Waals surface area contributed by atoms with Gasteiger partial charge in [-0.25, -0.2) is 4.39 Å². The van der Waals surface area contributed by atoms with Crippen LogP contribution in [0.25, 0.3) is 11.1 Å². The zero-order valence-corrected chi connectivity index (χ0v) is 18.1. The van der Waals surface area contributed by atoms with Crippen molar-refractivity contribution in [1.82, 2.24) is 4.90 Å². The monoisotopic (exact) mass is 436 g/mol. The fourth-order valence-corrected chi connectivity index (χ4v) is 5.21. The van der Waals surface area contributed by atoms with Crippen molar-refractivity contribution in [1.29, 1.82) is 0 Å². The van der Waals surface area contributed by atoms with E-state index in [1.807, 2.05) is 35.2 Å². The molecule has 0 spiro atoms. The molecule has 0 bridgehead atoms. The summed E-state index contributed by atoms with van der Waals surface area (Å²) in [6.07, 6.45) is 1.96. The number of rotatable bonds is 6. The van der Waals surface area contributed by atoms with Gasteiger partial charge < -0.3 is 14.5 Å². The Kier molecular flexibility index (Phi) is 5.74. The van der Waals surface area contributed by atoms with Crippen LogP contribution in [0.3, 0.4) is 0 Å². The predicted molar refractivity (Wildman–Crippen MR) is 122 cm³/mol. The Hall–Kier alpha value is -2.70. The smallest absolute Gasteiger partial charge is 0.264 e. The van der Waals surface area contributed by atoms with Gasteiger partial charge in [0, 0.05) is 36.8 Å². The standard InChI is InChI=1S/C25H25FN2O2S/c26-22-9-5-4-8-19(22)17-28(20-10-11-20)24(29)23-16-21(18-6-2-1-3-7-18)25(31-23)27-12-14-30-15-13-27/h1-9,16,20H,10-15,17H2. The number of benzene rings is 2. The van der Waals surface area contributed by atoms with E-state index in [0.717, 1.165) is 42.1 Å². The number of amides is 1. The summed E-state index contributed by atoms with van der Waals surface area (Å²) < 4.78 is 19.8. The van der Waals surface area contributed by atoms with Crippen LogP contribution < -0.4 is 4.90 Å². The van der Waals surface area contributed by atoms with Crippen molar-refractivity contribution in [3.8, 4) is 11.1 Å². The minimum Gasteiger partial charge on any atom is -0.378 e. The SMILES string of the molecule is O=C(c1cc(-c2ccccc2)c(N2CCOCC2)s1)N(Cc1ccccc1F)C1CC1. The molecule has 0 atom stereocenters. The Morgan fingerprint density at radius 1 is 1.06 bits per heavy atom. The minimum atomic E-state index is -0.258. The molecule has 4 nitrogen and oxygen atoms in total. The van der Waals surface area contributed by atoms with Crippen LogP contribution in [0.1, 0.15) is 28.1 Å². The molecule has 1 amide bonds. The van der Waals surface area contributed by atoms with Gasteiger partial charge in [-0.05, 0) is 30.5 Å². The van der Waals surface area contributed by atoms with Gasteiger partial charge >= 0.3 is 0 Å². The number of nitrogens with zero attached hydrogens (tertiary/aromatic N) is 2. The number of halogens is 1. The number of morpholine rings is 1. The minimum absolute atomic E-state index is 0.00700. The summed E-state index contributed by atoms with van der Waals surface area (Å²) in [5, 5.41) is 1.11. The van der Waals surface area contributed by atoms with Crippen LogP contribution in [0.15, 0.2) is 60.7 Å². The third-order valence-corrected chi connectivity index (χ3v) is 7.04. The van der Waals surface area contributed by atoms with E-state index in [1.165, 1.54) is 6.07 Å². The van der Waals surface area contributed by atoms with Crippen LogP contribution in [0.4, 0.5) is 9.39 Å². The van der Waals surface area contributed by atoms with Gasteiger partial charge in [0.05, 0.1) is 23.1 Å². The first kappa shape index (κ1) is 20.2. The second kappa shape index (κ2) is 8.81. The van der Waals surface area contributed by atoms with E-state index >= 15 is 0 Å². The molecule has 1 aromatic heterocycles. The summed E-state index contributed by atoms with van der Waals surface area (Å²) in [4.78, 5) is 18.5. The molecule has 2 fully saturated rings. The fourth-order valence-electron chi connectivity index (χ4n) is 4.02. The summed E-state index contributed by atoms with van der Waals surface area (Å²) in [6.45, 7) is 3.32. The van der Waals surface area contributed by atoms with Gasteiger partial charge in [0.2, 0.25) is 0 Å². The van der Waals surface area contributed by atoms with Gasteiger partial charge in [0.15, 0.2) is 0 Å². The molecule has 2 heterocycles. The first-order valence-electron chi connectivity index (χ1n) is 10.8. The molecule has 6 heteroatoms. The first-order valence-corrected chi connectivity index (χ1v) is 11.6. The van der Waals surface area contributed by atoms with Gasteiger partial charge in [-0.3, -0.25) is 4.79 Å². The van der Waals surface area contributed by atoms with E-state index in [-0.39, 0.29) is 17.8 Å². The maximum atomic E-state index is 14.3. The zero-order chi connectivity index (χ0) is 21.2. The number of thiophene rings is 1. The van der Waals surface area contributed by atoms with Crippen LogP contribution in [-0.4, -0.2) is 43.2 Å². The molecule has 160 valence electrons. The number of hydrogen-bond donors (Lipinski definition) is 0. The largest absolute Gasteiger partial charge is 0.378 e. The van der Waals surface area contributed by atoms with Crippen molar-refractivity contribution < 1.29 is 13.9 Å². The lowest BCUT2D eigenvalue weighted by Gasteiger charge is -2.28. The van der Waals surface area contributed by atoms with Crippen LogP contribution in [0, 0.1) is 5.82 Å². The molecule has 31 heavy (non-hydrogen) atoms. The van der Waals surface area contributed by atoms with Crippen molar-refractivity contribution in [3.63, 3.8) is 0 Å². The Bertz CT molecular complexity index is 1060. The van der Waals surface area contributed by atoms with Crippen LogP contribution in [-0.2, 0) is 11.3 Å². The van der Waals surface area contributed by atoms with Gasteiger partial charge in [0.25, 0.3) is 5.91 Å². The van der Waals surface area contributed by atoms with E-state index in [9.17, 15) is 9.18 Å². The summed E-state index contributed by atoms with van der Waals surface area (Å²) >= 11 is 1.54. The molecule has 1 aliphatic carbocycles. The van der Waals surface area contributed by atoms with E-state index in [0.29, 0.717) is 30.2 Å². The molecule has 2 aliphatic rings. The summed E-state index contributed by atoms with van der Waals surface area (Å²) in [6, 6.07) is 19.1. The molecule has 0 N–H and O–H groups in total. The van der Waals surface area contributed by atoms with Gasteiger partial charge in [-0.15, -0.1) is 11.3 Å². The molecule has 3 aromatic rings. The van der Waals surface area contributed by atoms with E-state index in [1.54, 1.807) is 23.5 Å². The van der Waals surface area contributed by atoms with Crippen molar-refractivity contribution in [2.45, 2.75) is 25.4 Å². The second-order valence-corrected chi connectivity index (χ2v) is 9.08. The molecule has 0 radical (unpaired) electrons. The Morgan fingerprint density at radius 3 is 2.48 bits per heavy atom. The van der Waals surface area contributed by atoms with Gasteiger partial charge in [-0.1, -0.05) is 48.5 Å². The molecule has 1 saturated carbocycles. The summed E-state index contributed by atoms with van der Waals surface area (Å²) in [5.41, 5.74) is 2.75. The maximum Gasteiger partial charge on any atom is 0.264 e. The van der Waals surface area contributed by atoms with Crippen molar-refractivity contribution in [2.75, 3.05) is 31.2 Å². The van der Waals surface area contributed by atoms with Gasteiger partial charge in [0.1, 0.15) is 5.82 Å². The quantitative estimate of drug-likeness (QED) is 0.533. The molecule has 1 saturated heterocycles. The summed E-state index contributed by atoms with van der Waals surface area (Å²) in [5.74, 6) is -0.265. The van der Waals surface area contributed by atoms with Crippen molar-refractivity contribution >= 4 is 22.2 Å². The lowest BCUT2D eigenvalue weighted by Crippen LogP contribution is -2.36. The Labute approximate surface area is 185 Å². The molecule has 5 rings (SSSR count). The number of anilines is 1. The van der Waals surface area contributed by atoms with Crippen LogP contribution >= 0.6 is 11.3 Å². The van der Waals surface area contributed by atoms with E-state index < -0.39 is 0 Å². The average Bonchev–Trinajstić information content (AvgIpc) is 3.56. The van der Waals surface area contributed by atoms with Crippen molar-refractivity contribution in [2.24, 2.45) is 0 Å². The molecule has 0 unspecified atom stereocenters. The number of ether oxygens (including phenoxy) is 1. The number of hydrogen-bond acceptors (Lipinski definition) is 4. The van der Waals surface area contributed by atoms with E-state index in [2.05, 4.69) is 17.0 Å². The summed E-state index contributed by atoms with van der Waals surface area (Å²) in [7, 11) is 0. The molecular formula is C25H25FN2O2S.